The highest BCUT2D eigenvalue weighted by Crippen LogP contribution is 2.31. The summed E-state index contributed by atoms with van der Waals surface area (Å²) in [5.74, 6) is 0.782. The highest BCUT2D eigenvalue weighted by Gasteiger charge is 2.19. The first-order valence-electron chi connectivity index (χ1n) is 9.40. The van der Waals surface area contributed by atoms with Gasteiger partial charge in [0.15, 0.2) is 11.5 Å². The number of hydrogen-bond acceptors (Lipinski definition) is 4. The second-order valence-corrected chi connectivity index (χ2v) is 6.67. The smallest absolute Gasteiger partial charge is 0.320 e. The van der Waals surface area contributed by atoms with Gasteiger partial charge in [0.25, 0.3) is 5.91 Å². The molecule has 0 aliphatic rings. The first-order valence-corrected chi connectivity index (χ1v) is 9.40. The fourth-order valence-corrected chi connectivity index (χ4v) is 3.33. The van der Waals surface area contributed by atoms with E-state index in [0.717, 1.165) is 4.57 Å². The first kappa shape index (κ1) is 20.3. The van der Waals surface area contributed by atoms with E-state index in [9.17, 15) is 13.6 Å². The summed E-state index contributed by atoms with van der Waals surface area (Å²) in [5.41, 5.74) is 2.27. The van der Waals surface area contributed by atoms with Crippen molar-refractivity contribution in [2.75, 3.05) is 19.5 Å². The van der Waals surface area contributed by atoms with Gasteiger partial charge in [-0.1, -0.05) is 12.1 Å². The van der Waals surface area contributed by atoms with E-state index in [-0.39, 0.29) is 11.7 Å². The molecule has 1 amide bonds. The van der Waals surface area contributed by atoms with Crippen LogP contribution in [0.3, 0.4) is 0 Å². The Hall–Kier alpha value is -3.94. The van der Waals surface area contributed by atoms with Crippen LogP contribution in [-0.4, -0.2) is 29.7 Å². The van der Waals surface area contributed by atoms with Crippen molar-refractivity contribution < 1.29 is 23.0 Å². The molecule has 0 spiro atoms. The molecular formula is C23H19F2N3O3. The number of fused-ring (bicyclic) bond motifs is 1. The molecule has 0 aliphatic carbocycles. The Balaban J connectivity index is 1.59. The summed E-state index contributed by atoms with van der Waals surface area (Å²) in [4.78, 5) is 16.9. The molecule has 3 aromatic carbocycles. The maximum Gasteiger partial charge on any atom is 0.320 e. The van der Waals surface area contributed by atoms with Gasteiger partial charge < -0.3 is 14.8 Å². The maximum absolute atomic E-state index is 13.7. The van der Waals surface area contributed by atoms with Crippen LogP contribution in [0.4, 0.5) is 14.5 Å². The second kappa shape index (κ2) is 8.43. The lowest BCUT2D eigenvalue weighted by Crippen LogP contribution is -2.12. The van der Waals surface area contributed by atoms with E-state index in [1.165, 1.54) is 14.2 Å². The quantitative estimate of drug-likeness (QED) is 0.453. The van der Waals surface area contributed by atoms with Crippen LogP contribution < -0.4 is 14.8 Å². The summed E-state index contributed by atoms with van der Waals surface area (Å²) in [5, 5.41) is 2.78. The van der Waals surface area contributed by atoms with Crippen LogP contribution in [0.1, 0.15) is 16.9 Å². The van der Waals surface area contributed by atoms with Gasteiger partial charge in [0, 0.05) is 16.8 Å². The van der Waals surface area contributed by atoms with Crippen molar-refractivity contribution in [1.82, 2.24) is 9.55 Å². The van der Waals surface area contributed by atoms with E-state index < -0.39 is 6.55 Å². The third-order valence-electron chi connectivity index (χ3n) is 4.84. The molecule has 0 radical (unpaired) electrons. The number of nitrogens with zero attached hydrogens (tertiary/aromatic N) is 2. The molecule has 158 valence electrons. The molecule has 4 rings (SSSR count). The molecule has 0 bridgehead atoms. The number of benzene rings is 3. The molecule has 6 nitrogen and oxygen atoms in total. The van der Waals surface area contributed by atoms with Gasteiger partial charge in [-0.25, -0.2) is 4.98 Å². The van der Waals surface area contributed by atoms with E-state index in [4.69, 9.17) is 9.47 Å². The van der Waals surface area contributed by atoms with Crippen LogP contribution in [0, 0.1) is 0 Å². The number of amides is 1. The Labute approximate surface area is 177 Å². The van der Waals surface area contributed by atoms with Crippen molar-refractivity contribution in [3.05, 3.63) is 72.3 Å². The number of halogens is 2. The number of anilines is 1. The molecule has 8 heteroatoms. The van der Waals surface area contributed by atoms with Crippen molar-refractivity contribution in [2.45, 2.75) is 6.55 Å². The summed E-state index contributed by atoms with van der Waals surface area (Å²) in [7, 11) is 3.01. The zero-order chi connectivity index (χ0) is 22.0. The molecule has 0 saturated heterocycles. The average Bonchev–Trinajstić information content (AvgIpc) is 3.19. The molecule has 0 unspecified atom stereocenters. The Kier molecular flexibility index (Phi) is 5.53. The van der Waals surface area contributed by atoms with Gasteiger partial charge in [-0.15, -0.1) is 0 Å². The molecule has 1 aromatic heterocycles. The molecule has 0 aliphatic heterocycles. The first-order chi connectivity index (χ1) is 15.0. The van der Waals surface area contributed by atoms with E-state index >= 15 is 0 Å². The van der Waals surface area contributed by atoms with E-state index in [1.54, 1.807) is 66.7 Å². The third-order valence-corrected chi connectivity index (χ3v) is 4.84. The second-order valence-electron chi connectivity index (χ2n) is 6.67. The molecule has 0 fully saturated rings. The number of rotatable bonds is 6. The fraction of sp³-hybridized carbons (Fsp3) is 0.130. The predicted octanol–water partition coefficient (Wildman–Crippen LogP) is 5.37. The number of para-hydroxylation sites is 2. The van der Waals surface area contributed by atoms with Crippen molar-refractivity contribution in [3.8, 4) is 22.9 Å². The minimum absolute atomic E-state index is 0.161. The number of methoxy groups -OCH3 is 2. The van der Waals surface area contributed by atoms with Gasteiger partial charge in [-0.05, 0) is 54.6 Å². The Morgan fingerprint density at radius 3 is 2.35 bits per heavy atom. The third kappa shape index (κ3) is 3.92. The van der Waals surface area contributed by atoms with Gasteiger partial charge >= 0.3 is 6.55 Å². The molecular weight excluding hydrogens is 404 g/mol. The SMILES string of the molecule is COc1ccc(C(=O)Nc2ccc(-c3nc4ccccc4n3C(F)F)cc2)cc1OC. The molecule has 4 aromatic rings. The topological polar surface area (TPSA) is 65.4 Å². The average molecular weight is 423 g/mol. The lowest BCUT2D eigenvalue weighted by molar-refractivity contribution is 0.0764. The molecule has 31 heavy (non-hydrogen) atoms. The standard InChI is InChI=1S/C23H19F2N3O3/c1-30-19-12-9-15(13-20(19)31-2)22(29)26-16-10-7-14(8-11-16)21-27-17-5-3-4-6-18(17)28(21)23(24)25/h3-13,23H,1-2H3,(H,26,29). The Bertz CT molecular complexity index is 1240. The van der Waals surface area contributed by atoms with Crippen LogP contribution in [0.25, 0.3) is 22.4 Å². The van der Waals surface area contributed by atoms with Crippen molar-refractivity contribution >= 4 is 22.6 Å². The van der Waals surface area contributed by atoms with Crippen LogP contribution in [-0.2, 0) is 0 Å². The summed E-state index contributed by atoms with van der Waals surface area (Å²) in [6.45, 7) is -2.73. The van der Waals surface area contributed by atoms with Crippen molar-refractivity contribution in [1.29, 1.82) is 0 Å². The zero-order valence-corrected chi connectivity index (χ0v) is 16.8. The largest absolute Gasteiger partial charge is 0.493 e. The summed E-state index contributed by atoms with van der Waals surface area (Å²) >= 11 is 0. The summed E-state index contributed by atoms with van der Waals surface area (Å²) < 4.78 is 38.6. The minimum atomic E-state index is -2.73. The Morgan fingerprint density at radius 1 is 0.968 bits per heavy atom. The number of hydrogen-bond donors (Lipinski definition) is 1. The number of carbonyl (C=O) groups excluding carboxylic acids is 1. The van der Waals surface area contributed by atoms with E-state index in [0.29, 0.717) is 39.3 Å². The van der Waals surface area contributed by atoms with Gasteiger partial charge in [0.05, 0.1) is 25.3 Å². The number of carbonyl (C=O) groups is 1. The number of ether oxygens (including phenoxy) is 2. The monoisotopic (exact) mass is 423 g/mol. The number of imidazole rings is 1. The van der Waals surface area contributed by atoms with Crippen LogP contribution >= 0.6 is 0 Å². The van der Waals surface area contributed by atoms with E-state index in [2.05, 4.69) is 10.3 Å². The number of nitrogens with one attached hydrogen (secondary N) is 1. The zero-order valence-electron chi connectivity index (χ0n) is 16.8. The predicted molar refractivity (Wildman–Crippen MR) is 114 cm³/mol. The lowest BCUT2D eigenvalue weighted by atomic mass is 10.1. The van der Waals surface area contributed by atoms with Gasteiger partial charge in [-0.2, -0.15) is 8.78 Å². The summed E-state index contributed by atoms with van der Waals surface area (Å²) in [6, 6.07) is 18.2. The van der Waals surface area contributed by atoms with Crippen LogP contribution in [0.5, 0.6) is 11.5 Å². The molecule has 1 N–H and O–H groups in total. The normalized spacial score (nSPS) is 11.0. The van der Waals surface area contributed by atoms with Crippen LogP contribution in [0.15, 0.2) is 66.7 Å². The molecule has 1 heterocycles. The highest BCUT2D eigenvalue weighted by atomic mass is 19.3. The van der Waals surface area contributed by atoms with Gasteiger partial charge in [-0.3, -0.25) is 9.36 Å². The van der Waals surface area contributed by atoms with Crippen molar-refractivity contribution in [2.24, 2.45) is 0 Å². The fourth-order valence-electron chi connectivity index (χ4n) is 3.33. The van der Waals surface area contributed by atoms with Crippen LogP contribution in [0.2, 0.25) is 0 Å². The number of aromatic nitrogens is 2. The van der Waals surface area contributed by atoms with Crippen molar-refractivity contribution in [3.63, 3.8) is 0 Å². The van der Waals surface area contributed by atoms with Gasteiger partial charge in [0.1, 0.15) is 5.82 Å². The molecule has 0 saturated carbocycles. The van der Waals surface area contributed by atoms with Gasteiger partial charge in [0.2, 0.25) is 0 Å². The molecule has 0 atom stereocenters. The maximum atomic E-state index is 13.7. The Morgan fingerprint density at radius 2 is 1.68 bits per heavy atom. The minimum Gasteiger partial charge on any atom is -0.493 e. The highest BCUT2D eigenvalue weighted by molar-refractivity contribution is 6.04. The summed E-state index contributed by atoms with van der Waals surface area (Å²) in [6.07, 6.45) is 0. The van der Waals surface area contributed by atoms with E-state index in [1.807, 2.05) is 0 Å². The lowest BCUT2D eigenvalue weighted by Gasteiger charge is -2.11. The number of alkyl halides is 2.